The first kappa shape index (κ1) is 9.85. The molecule has 2 heterocycles. The number of rotatable bonds is 2. The van der Waals surface area contributed by atoms with Crippen LogP contribution in [0.15, 0.2) is 18.3 Å². The monoisotopic (exact) mass is 215 g/mol. The average Bonchev–Trinajstić information content (AvgIpc) is 2.96. The maximum atomic E-state index is 6.21. The molecule has 2 aromatic rings. The van der Waals surface area contributed by atoms with Gasteiger partial charge in [0.25, 0.3) is 0 Å². The van der Waals surface area contributed by atoms with E-state index in [1.54, 1.807) is 0 Å². The predicted molar refractivity (Wildman–Crippen MR) is 64.4 cm³/mol. The summed E-state index contributed by atoms with van der Waals surface area (Å²) in [5.74, 6) is 0. The Bertz CT molecular complexity index is 550. The molecule has 3 heteroatoms. The Morgan fingerprint density at radius 3 is 2.81 bits per heavy atom. The summed E-state index contributed by atoms with van der Waals surface area (Å²) in [6, 6.07) is 4.20. The molecular weight excluding hydrogens is 198 g/mol. The van der Waals surface area contributed by atoms with E-state index in [9.17, 15) is 0 Å². The van der Waals surface area contributed by atoms with Crippen LogP contribution in [0.5, 0.6) is 0 Å². The van der Waals surface area contributed by atoms with Crippen LogP contribution in [0.4, 0.5) is 0 Å². The van der Waals surface area contributed by atoms with Gasteiger partial charge in [0.15, 0.2) is 0 Å². The summed E-state index contributed by atoms with van der Waals surface area (Å²) in [5.41, 5.74) is 10.8. The smallest absolute Gasteiger partial charge is 0.137 e. The van der Waals surface area contributed by atoms with E-state index in [4.69, 9.17) is 5.73 Å². The molecule has 1 saturated carbocycles. The van der Waals surface area contributed by atoms with Gasteiger partial charge in [-0.3, -0.25) is 0 Å². The number of aryl methyl sites for hydroxylation is 2. The largest absolute Gasteiger partial charge is 0.321 e. The molecule has 16 heavy (non-hydrogen) atoms. The van der Waals surface area contributed by atoms with Crippen molar-refractivity contribution < 1.29 is 0 Å². The topological polar surface area (TPSA) is 43.3 Å². The third-order valence-electron chi connectivity index (χ3n) is 3.65. The minimum absolute atomic E-state index is 0.0583. The number of aromatic nitrogens is 2. The molecule has 0 spiro atoms. The maximum absolute atomic E-state index is 6.21. The quantitative estimate of drug-likeness (QED) is 0.834. The van der Waals surface area contributed by atoms with E-state index < -0.39 is 0 Å². The van der Waals surface area contributed by atoms with E-state index >= 15 is 0 Å². The molecule has 1 aliphatic carbocycles. The molecule has 0 amide bonds. The molecule has 2 aromatic heterocycles. The molecule has 3 rings (SSSR count). The Balaban J connectivity index is 2.20. The number of nitrogens with zero attached hydrogens (tertiary/aromatic N) is 2. The molecule has 0 bridgehead atoms. The molecule has 1 fully saturated rings. The van der Waals surface area contributed by atoms with E-state index in [-0.39, 0.29) is 5.54 Å². The van der Waals surface area contributed by atoms with Gasteiger partial charge in [-0.1, -0.05) is 13.0 Å². The number of pyridine rings is 1. The average molecular weight is 215 g/mol. The van der Waals surface area contributed by atoms with Crippen LogP contribution in [-0.4, -0.2) is 9.38 Å². The Hall–Kier alpha value is -1.35. The van der Waals surface area contributed by atoms with Crippen molar-refractivity contribution >= 4 is 5.65 Å². The zero-order chi connectivity index (χ0) is 11.3. The van der Waals surface area contributed by atoms with Gasteiger partial charge in [0.1, 0.15) is 5.65 Å². The lowest BCUT2D eigenvalue weighted by atomic mass is 10.1. The summed E-state index contributed by atoms with van der Waals surface area (Å²) in [5, 5.41) is 0. The molecule has 1 aliphatic rings. The van der Waals surface area contributed by atoms with Crippen molar-refractivity contribution in [3.63, 3.8) is 0 Å². The van der Waals surface area contributed by atoms with Crippen molar-refractivity contribution in [3.8, 4) is 0 Å². The SMILES string of the molecule is CCc1nc2ccc(C3(N)CC3)cn2c1C. The highest BCUT2D eigenvalue weighted by Crippen LogP contribution is 2.42. The van der Waals surface area contributed by atoms with Gasteiger partial charge in [-0.05, 0) is 37.8 Å². The molecule has 0 aliphatic heterocycles. The van der Waals surface area contributed by atoms with Gasteiger partial charge in [-0.2, -0.15) is 0 Å². The van der Waals surface area contributed by atoms with Gasteiger partial charge < -0.3 is 10.1 Å². The number of fused-ring (bicyclic) bond motifs is 1. The molecule has 0 aromatic carbocycles. The molecule has 0 radical (unpaired) electrons. The molecule has 0 saturated heterocycles. The Labute approximate surface area is 95.3 Å². The van der Waals surface area contributed by atoms with Crippen molar-refractivity contribution in [2.45, 2.75) is 38.6 Å². The Morgan fingerprint density at radius 2 is 2.19 bits per heavy atom. The van der Waals surface area contributed by atoms with Crippen molar-refractivity contribution in [2.75, 3.05) is 0 Å². The minimum Gasteiger partial charge on any atom is -0.321 e. The minimum atomic E-state index is -0.0583. The first-order chi connectivity index (χ1) is 7.64. The number of imidazole rings is 1. The Morgan fingerprint density at radius 1 is 1.44 bits per heavy atom. The zero-order valence-electron chi connectivity index (χ0n) is 9.83. The highest BCUT2D eigenvalue weighted by atomic mass is 15.0. The molecule has 84 valence electrons. The van der Waals surface area contributed by atoms with Gasteiger partial charge >= 0.3 is 0 Å². The predicted octanol–water partition coefficient (Wildman–Crippen LogP) is 2.15. The molecule has 2 N–H and O–H groups in total. The van der Waals surface area contributed by atoms with Crippen LogP contribution in [0.1, 0.15) is 36.7 Å². The first-order valence-corrected chi connectivity index (χ1v) is 5.91. The summed E-state index contributed by atoms with van der Waals surface area (Å²) in [6.07, 6.45) is 5.35. The van der Waals surface area contributed by atoms with E-state index in [0.717, 1.165) is 24.9 Å². The number of hydrogen-bond donors (Lipinski definition) is 1. The summed E-state index contributed by atoms with van der Waals surface area (Å²) in [6.45, 7) is 4.26. The molecule has 0 atom stereocenters. The highest BCUT2D eigenvalue weighted by molar-refractivity contribution is 5.46. The summed E-state index contributed by atoms with van der Waals surface area (Å²) in [7, 11) is 0. The maximum Gasteiger partial charge on any atom is 0.137 e. The highest BCUT2D eigenvalue weighted by Gasteiger charge is 2.40. The third-order valence-corrected chi connectivity index (χ3v) is 3.65. The van der Waals surface area contributed by atoms with E-state index in [2.05, 4.69) is 41.6 Å². The van der Waals surface area contributed by atoms with Crippen molar-refractivity contribution in [3.05, 3.63) is 35.3 Å². The van der Waals surface area contributed by atoms with Crippen molar-refractivity contribution in [1.29, 1.82) is 0 Å². The van der Waals surface area contributed by atoms with E-state index in [1.807, 2.05) is 0 Å². The zero-order valence-corrected chi connectivity index (χ0v) is 9.83. The fourth-order valence-corrected chi connectivity index (χ4v) is 2.26. The lowest BCUT2D eigenvalue weighted by Crippen LogP contribution is -2.19. The van der Waals surface area contributed by atoms with Gasteiger partial charge in [-0.15, -0.1) is 0 Å². The Kier molecular flexibility index (Phi) is 1.89. The van der Waals surface area contributed by atoms with Crippen LogP contribution in [0.3, 0.4) is 0 Å². The van der Waals surface area contributed by atoms with Crippen LogP contribution in [0.2, 0.25) is 0 Å². The summed E-state index contributed by atoms with van der Waals surface area (Å²) < 4.78 is 2.17. The van der Waals surface area contributed by atoms with Crippen molar-refractivity contribution in [2.24, 2.45) is 5.73 Å². The van der Waals surface area contributed by atoms with Crippen LogP contribution < -0.4 is 5.73 Å². The van der Waals surface area contributed by atoms with Gasteiger partial charge in [0.2, 0.25) is 0 Å². The van der Waals surface area contributed by atoms with Gasteiger partial charge in [0, 0.05) is 17.4 Å². The third kappa shape index (κ3) is 1.28. The molecule has 3 nitrogen and oxygen atoms in total. The summed E-state index contributed by atoms with van der Waals surface area (Å²) in [4.78, 5) is 4.60. The standard InChI is InChI=1S/C13H17N3/c1-3-11-9(2)16-8-10(13(14)6-7-13)4-5-12(16)15-11/h4-5,8H,3,6-7,14H2,1-2H3. The van der Waals surface area contributed by atoms with Gasteiger partial charge in [0.05, 0.1) is 5.69 Å². The van der Waals surface area contributed by atoms with Crippen LogP contribution >= 0.6 is 0 Å². The van der Waals surface area contributed by atoms with Crippen molar-refractivity contribution in [1.82, 2.24) is 9.38 Å². The second-order valence-electron chi connectivity index (χ2n) is 4.80. The summed E-state index contributed by atoms with van der Waals surface area (Å²) >= 11 is 0. The van der Waals surface area contributed by atoms with Gasteiger partial charge in [-0.25, -0.2) is 4.98 Å². The van der Waals surface area contributed by atoms with Crippen LogP contribution in [0, 0.1) is 6.92 Å². The van der Waals surface area contributed by atoms with Crippen LogP contribution in [-0.2, 0) is 12.0 Å². The molecular formula is C13H17N3. The fourth-order valence-electron chi connectivity index (χ4n) is 2.26. The van der Waals surface area contributed by atoms with E-state index in [1.165, 1.54) is 17.0 Å². The first-order valence-electron chi connectivity index (χ1n) is 5.91. The lowest BCUT2D eigenvalue weighted by molar-refractivity contribution is 0.732. The lowest BCUT2D eigenvalue weighted by Gasteiger charge is -2.09. The second-order valence-corrected chi connectivity index (χ2v) is 4.80. The normalized spacial score (nSPS) is 17.9. The fraction of sp³-hybridized carbons (Fsp3) is 0.462. The number of nitrogens with two attached hydrogens (primary N) is 1. The van der Waals surface area contributed by atoms with E-state index in [0.29, 0.717) is 0 Å². The van der Waals surface area contributed by atoms with Crippen LogP contribution in [0.25, 0.3) is 5.65 Å². The molecule has 0 unspecified atom stereocenters. The second kappa shape index (κ2) is 3.08. The number of hydrogen-bond acceptors (Lipinski definition) is 2.